The minimum absolute atomic E-state index is 0.670. The van der Waals surface area contributed by atoms with Crippen molar-refractivity contribution in [2.75, 3.05) is 0 Å². The first-order valence-corrected chi connectivity index (χ1v) is 5.53. The van der Waals surface area contributed by atoms with E-state index in [4.69, 9.17) is 0 Å². The highest BCUT2D eigenvalue weighted by Crippen LogP contribution is 2.27. The maximum absolute atomic E-state index is 10.1. The van der Waals surface area contributed by atoms with Crippen LogP contribution in [0.4, 0.5) is 0 Å². The van der Waals surface area contributed by atoms with Crippen LogP contribution in [-0.2, 0) is 11.2 Å². The molecule has 0 unspecified atom stereocenters. The first-order valence-electron chi connectivity index (χ1n) is 3.92. The zero-order valence-electron chi connectivity index (χ0n) is 6.97. The molecule has 1 aromatic heterocycles. The quantitative estimate of drug-likeness (QED) is 0.589. The van der Waals surface area contributed by atoms with Crippen molar-refractivity contribution in [3.8, 4) is 0 Å². The van der Waals surface area contributed by atoms with Crippen molar-refractivity contribution < 1.29 is 4.79 Å². The first-order chi connectivity index (χ1) is 5.74. The Labute approximate surface area is 84.9 Å². The molecule has 0 amide bonds. The van der Waals surface area contributed by atoms with Gasteiger partial charge in [0.05, 0.1) is 0 Å². The Balaban J connectivity index is 2.50. The Kier molecular flexibility index (Phi) is 3.95. The lowest BCUT2D eigenvalue weighted by Gasteiger charge is -1.93. The number of rotatable bonds is 4. The SMILES string of the molecule is Cc1cc(Br)c(CCCC=O)s1. The molecule has 1 aromatic rings. The summed E-state index contributed by atoms with van der Waals surface area (Å²) in [5, 5.41) is 0. The molecule has 0 fully saturated rings. The minimum atomic E-state index is 0.670. The van der Waals surface area contributed by atoms with Gasteiger partial charge >= 0.3 is 0 Å². The normalized spacial score (nSPS) is 10.2. The van der Waals surface area contributed by atoms with Crippen LogP contribution in [0.5, 0.6) is 0 Å². The number of carbonyl (C=O) groups is 1. The molecule has 0 aliphatic rings. The van der Waals surface area contributed by atoms with E-state index in [9.17, 15) is 4.79 Å². The fraction of sp³-hybridized carbons (Fsp3) is 0.444. The molecule has 0 radical (unpaired) electrons. The molecule has 0 aliphatic heterocycles. The molecule has 66 valence electrons. The van der Waals surface area contributed by atoms with Crippen LogP contribution in [0.3, 0.4) is 0 Å². The van der Waals surface area contributed by atoms with Crippen LogP contribution in [0.2, 0.25) is 0 Å². The Morgan fingerprint density at radius 2 is 2.42 bits per heavy atom. The fourth-order valence-electron chi connectivity index (χ4n) is 1.05. The Bertz CT molecular complexity index is 267. The summed E-state index contributed by atoms with van der Waals surface area (Å²) in [6.07, 6.45) is 3.62. The van der Waals surface area contributed by atoms with Crippen LogP contribution in [-0.4, -0.2) is 6.29 Å². The van der Waals surface area contributed by atoms with Gasteiger partial charge in [-0.25, -0.2) is 0 Å². The monoisotopic (exact) mass is 246 g/mol. The Hall–Kier alpha value is -0.150. The number of aryl methyl sites for hydroxylation is 2. The maximum Gasteiger partial charge on any atom is 0.120 e. The topological polar surface area (TPSA) is 17.1 Å². The van der Waals surface area contributed by atoms with Gasteiger partial charge in [0.25, 0.3) is 0 Å². The second-order valence-corrected chi connectivity index (χ2v) is 4.88. The van der Waals surface area contributed by atoms with Crippen molar-refractivity contribution in [3.63, 3.8) is 0 Å². The van der Waals surface area contributed by atoms with Crippen LogP contribution in [0.15, 0.2) is 10.5 Å². The van der Waals surface area contributed by atoms with E-state index in [1.165, 1.54) is 14.2 Å². The zero-order chi connectivity index (χ0) is 8.97. The summed E-state index contributed by atoms with van der Waals surface area (Å²) < 4.78 is 1.19. The van der Waals surface area contributed by atoms with Crippen molar-refractivity contribution in [1.29, 1.82) is 0 Å². The van der Waals surface area contributed by atoms with E-state index >= 15 is 0 Å². The molecule has 0 saturated carbocycles. The van der Waals surface area contributed by atoms with Gasteiger partial charge < -0.3 is 4.79 Å². The molecule has 1 nitrogen and oxygen atoms in total. The summed E-state index contributed by atoms with van der Waals surface area (Å²) in [5.41, 5.74) is 0. The third-order valence-corrected chi connectivity index (χ3v) is 3.69. The number of hydrogen-bond donors (Lipinski definition) is 0. The van der Waals surface area contributed by atoms with Gasteiger partial charge in [-0.2, -0.15) is 0 Å². The van der Waals surface area contributed by atoms with E-state index in [1.807, 2.05) is 0 Å². The summed E-state index contributed by atoms with van der Waals surface area (Å²) in [6, 6.07) is 2.13. The van der Waals surface area contributed by atoms with E-state index in [2.05, 4.69) is 28.9 Å². The Morgan fingerprint density at radius 3 is 2.92 bits per heavy atom. The molecule has 0 bridgehead atoms. The zero-order valence-corrected chi connectivity index (χ0v) is 9.37. The highest BCUT2D eigenvalue weighted by atomic mass is 79.9. The summed E-state index contributed by atoms with van der Waals surface area (Å²) >= 11 is 5.29. The number of thiophene rings is 1. The summed E-state index contributed by atoms with van der Waals surface area (Å²) in [6.45, 7) is 2.10. The highest BCUT2D eigenvalue weighted by Gasteiger charge is 2.02. The maximum atomic E-state index is 10.1. The molecule has 3 heteroatoms. The second kappa shape index (κ2) is 4.77. The van der Waals surface area contributed by atoms with Gasteiger partial charge in [0.15, 0.2) is 0 Å². The van der Waals surface area contributed by atoms with Gasteiger partial charge in [-0.15, -0.1) is 11.3 Å². The van der Waals surface area contributed by atoms with Gasteiger partial charge in [-0.05, 0) is 41.8 Å². The molecule has 0 spiro atoms. The lowest BCUT2D eigenvalue weighted by atomic mass is 10.2. The predicted octanol–water partition coefficient (Wildman–Crippen LogP) is 3.34. The first kappa shape index (κ1) is 9.93. The van der Waals surface area contributed by atoms with Crippen molar-refractivity contribution in [2.45, 2.75) is 26.2 Å². The third-order valence-electron chi connectivity index (χ3n) is 1.61. The average molecular weight is 247 g/mol. The van der Waals surface area contributed by atoms with Crippen molar-refractivity contribution in [2.24, 2.45) is 0 Å². The molecule has 1 rings (SSSR count). The largest absolute Gasteiger partial charge is 0.303 e. The molecule has 0 aromatic carbocycles. The summed E-state index contributed by atoms with van der Waals surface area (Å²) in [4.78, 5) is 12.8. The van der Waals surface area contributed by atoms with Crippen LogP contribution in [0.25, 0.3) is 0 Å². The van der Waals surface area contributed by atoms with Gasteiger partial charge in [-0.3, -0.25) is 0 Å². The smallest absolute Gasteiger partial charge is 0.120 e. The average Bonchev–Trinajstić information content (AvgIpc) is 2.31. The van der Waals surface area contributed by atoms with E-state index in [0.717, 1.165) is 19.1 Å². The summed E-state index contributed by atoms with van der Waals surface area (Å²) in [7, 11) is 0. The molecule has 0 saturated heterocycles. The third kappa shape index (κ3) is 2.72. The van der Waals surface area contributed by atoms with Gasteiger partial charge in [0, 0.05) is 20.6 Å². The van der Waals surface area contributed by atoms with Crippen LogP contribution in [0.1, 0.15) is 22.6 Å². The molecule has 0 aliphatic carbocycles. The highest BCUT2D eigenvalue weighted by molar-refractivity contribution is 9.10. The molecule has 0 N–H and O–H groups in total. The van der Waals surface area contributed by atoms with Crippen LogP contribution in [0, 0.1) is 6.92 Å². The van der Waals surface area contributed by atoms with Gasteiger partial charge in [-0.1, -0.05) is 0 Å². The Morgan fingerprint density at radius 1 is 1.67 bits per heavy atom. The number of halogens is 1. The molecule has 1 heterocycles. The molecule has 12 heavy (non-hydrogen) atoms. The molecular weight excluding hydrogens is 236 g/mol. The number of hydrogen-bond acceptors (Lipinski definition) is 2. The minimum Gasteiger partial charge on any atom is -0.303 e. The lowest BCUT2D eigenvalue weighted by Crippen LogP contribution is -1.82. The van der Waals surface area contributed by atoms with E-state index in [-0.39, 0.29) is 0 Å². The molecule has 0 atom stereocenters. The second-order valence-electron chi connectivity index (χ2n) is 2.69. The number of aldehydes is 1. The van der Waals surface area contributed by atoms with Crippen LogP contribution >= 0.6 is 27.3 Å². The molecular formula is C9H11BrOS. The van der Waals surface area contributed by atoms with E-state index in [1.54, 1.807) is 11.3 Å². The van der Waals surface area contributed by atoms with Crippen molar-refractivity contribution in [1.82, 2.24) is 0 Å². The van der Waals surface area contributed by atoms with E-state index < -0.39 is 0 Å². The number of unbranched alkanes of at least 4 members (excludes halogenated alkanes) is 1. The predicted molar refractivity (Wildman–Crippen MR) is 55.8 cm³/mol. The van der Waals surface area contributed by atoms with Gasteiger partial charge in [0.1, 0.15) is 6.29 Å². The van der Waals surface area contributed by atoms with Crippen LogP contribution < -0.4 is 0 Å². The van der Waals surface area contributed by atoms with Crippen molar-refractivity contribution in [3.05, 3.63) is 20.3 Å². The fourth-order valence-corrected chi connectivity index (χ4v) is 2.95. The number of carbonyl (C=O) groups excluding carboxylic acids is 1. The summed E-state index contributed by atoms with van der Waals surface area (Å²) in [5.74, 6) is 0. The lowest BCUT2D eigenvalue weighted by molar-refractivity contribution is -0.107. The van der Waals surface area contributed by atoms with Gasteiger partial charge in [0.2, 0.25) is 0 Å². The van der Waals surface area contributed by atoms with E-state index in [0.29, 0.717) is 6.42 Å². The standard InChI is InChI=1S/C9H11BrOS/c1-7-6-8(10)9(12-7)4-2-3-5-11/h5-6H,2-4H2,1H3. The van der Waals surface area contributed by atoms with Crippen molar-refractivity contribution >= 4 is 33.6 Å².